The Labute approximate surface area is 137 Å². The summed E-state index contributed by atoms with van der Waals surface area (Å²) in [5, 5.41) is 3.01. The zero-order chi connectivity index (χ0) is 15.4. The third kappa shape index (κ3) is 4.18. The first-order valence-corrected chi connectivity index (χ1v) is 7.36. The Morgan fingerprint density at radius 2 is 2.27 bits per heavy atom. The number of amides is 1. The van der Waals surface area contributed by atoms with Crippen LogP contribution >= 0.6 is 12.4 Å². The number of fused-ring (bicyclic) bond motifs is 1. The van der Waals surface area contributed by atoms with E-state index in [0.29, 0.717) is 6.54 Å². The van der Waals surface area contributed by atoms with Crippen LogP contribution in [0, 0.1) is 11.7 Å². The predicted molar refractivity (Wildman–Crippen MR) is 86.5 cm³/mol. The van der Waals surface area contributed by atoms with Gasteiger partial charge in [0.1, 0.15) is 5.82 Å². The fourth-order valence-electron chi connectivity index (χ4n) is 2.90. The maximum absolute atomic E-state index is 13.9. The molecule has 1 aliphatic carbocycles. The topological polar surface area (TPSA) is 64.3 Å². The minimum Gasteiger partial charge on any atom is -0.380 e. The zero-order valence-corrected chi connectivity index (χ0v) is 13.8. The monoisotopic (exact) mass is 330 g/mol. The van der Waals surface area contributed by atoms with E-state index in [4.69, 9.17) is 10.5 Å². The molecule has 0 bridgehead atoms. The number of hydrogen-bond acceptors (Lipinski definition) is 3. The molecular formula is C16H24ClFN2O2. The van der Waals surface area contributed by atoms with E-state index in [2.05, 4.69) is 12.2 Å². The molecule has 0 aliphatic heterocycles. The van der Waals surface area contributed by atoms with Gasteiger partial charge in [-0.2, -0.15) is 0 Å². The van der Waals surface area contributed by atoms with Gasteiger partial charge in [-0.05, 0) is 36.0 Å². The second-order valence-corrected chi connectivity index (χ2v) is 5.67. The summed E-state index contributed by atoms with van der Waals surface area (Å²) >= 11 is 0. The van der Waals surface area contributed by atoms with E-state index >= 15 is 0 Å². The lowest BCUT2D eigenvalue weighted by Crippen LogP contribution is -2.38. The third-order valence-corrected chi connectivity index (χ3v) is 4.23. The van der Waals surface area contributed by atoms with Crippen LogP contribution in [0.25, 0.3) is 0 Å². The highest BCUT2D eigenvalue weighted by molar-refractivity contribution is 5.85. The van der Waals surface area contributed by atoms with E-state index in [1.165, 1.54) is 6.07 Å². The number of nitrogens with two attached hydrogens (primary N) is 1. The van der Waals surface area contributed by atoms with Gasteiger partial charge in [-0.3, -0.25) is 4.79 Å². The molecule has 0 fully saturated rings. The minimum absolute atomic E-state index is 0. The van der Waals surface area contributed by atoms with Crippen molar-refractivity contribution in [1.82, 2.24) is 5.32 Å². The molecule has 4 nitrogen and oxygen atoms in total. The van der Waals surface area contributed by atoms with E-state index in [-0.39, 0.29) is 48.6 Å². The molecule has 124 valence electrons. The van der Waals surface area contributed by atoms with Crippen molar-refractivity contribution < 1.29 is 13.9 Å². The molecular weight excluding hydrogens is 307 g/mol. The highest BCUT2D eigenvalue weighted by atomic mass is 35.5. The quantitative estimate of drug-likeness (QED) is 0.871. The molecule has 1 aromatic carbocycles. The van der Waals surface area contributed by atoms with Gasteiger partial charge in [-0.1, -0.05) is 19.1 Å². The van der Waals surface area contributed by atoms with Crippen LogP contribution in [-0.4, -0.2) is 25.7 Å². The van der Waals surface area contributed by atoms with Crippen LogP contribution in [0.2, 0.25) is 0 Å². The number of carbonyl (C=O) groups excluding carboxylic acids is 1. The smallest absolute Gasteiger partial charge is 0.223 e. The fraction of sp³-hybridized carbons (Fsp3) is 0.562. The van der Waals surface area contributed by atoms with Crippen LogP contribution in [0.15, 0.2) is 18.2 Å². The lowest BCUT2D eigenvalue weighted by atomic mass is 9.80. The largest absolute Gasteiger partial charge is 0.380 e. The number of nitrogens with one attached hydrogen (secondary N) is 1. The van der Waals surface area contributed by atoms with E-state index in [9.17, 15) is 9.18 Å². The molecule has 2 rings (SSSR count). The first-order valence-electron chi connectivity index (χ1n) is 7.36. The van der Waals surface area contributed by atoms with Gasteiger partial charge in [-0.25, -0.2) is 4.39 Å². The Morgan fingerprint density at radius 3 is 2.91 bits per heavy atom. The van der Waals surface area contributed by atoms with Crippen molar-refractivity contribution in [2.24, 2.45) is 11.7 Å². The summed E-state index contributed by atoms with van der Waals surface area (Å²) in [6.07, 6.45) is 1.53. The van der Waals surface area contributed by atoms with Crippen molar-refractivity contribution in [3.8, 4) is 0 Å². The van der Waals surface area contributed by atoms with Gasteiger partial charge in [-0.15, -0.1) is 12.4 Å². The normalized spacial score (nSPS) is 21.5. The third-order valence-electron chi connectivity index (χ3n) is 4.23. The van der Waals surface area contributed by atoms with Crippen LogP contribution < -0.4 is 11.1 Å². The molecule has 0 radical (unpaired) electrons. The number of benzene rings is 1. The predicted octanol–water partition coefficient (Wildman–Crippen LogP) is 2.35. The second kappa shape index (κ2) is 8.46. The second-order valence-electron chi connectivity index (χ2n) is 5.67. The Balaban J connectivity index is 0.00000242. The van der Waals surface area contributed by atoms with Crippen LogP contribution in [0.3, 0.4) is 0 Å². The van der Waals surface area contributed by atoms with Crippen molar-refractivity contribution in [1.29, 1.82) is 0 Å². The number of hydrogen-bond donors (Lipinski definition) is 2. The fourth-order valence-corrected chi connectivity index (χ4v) is 2.90. The molecule has 1 aliphatic rings. The molecule has 1 amide bonds. The number of methoxy groups -OCH3 is 1. The van der Waals surface area contributed by atoms with E-state index in [0.717, 1.165) is 24.0 Å². The SMILES string of the molecule is COC(CN)CC(=O)NC1c2cccc(F)c2CCC1C.Cl. The van der Waals surface area contributed by atoms with E-state index in [1.54, 1.807) is 13.2 Å². The summed E-state index contributed by atoms with van der Waals surface area (Å²) in [6, 6.07) is 4.93. The summed E-state index contributed by atoms with van der Waals surface area (Å²) in [6.45, 7) is 2.38. The van der Waals surface area contributed by atoms with Crippen LogP contribution in [0.4, 0.5) is 4.39 Å². The molecule has 6 heteroatoms. The van der Waals surface area contributed by atoms with Crippen LogP contribution in [-0.2, 0) is 16.0 Å². The zero-order valence-electron chi connectivity index (χ0n) is 13.0. The molecule has 0 spiro atoms. The van der Waals surface area contributed by atoms with Gasteiger partial charge < -0.3 is 15.8 Å². The van der Waals surface area contributed by atoms with Gasteiger partial charge in [0, 0.05) is 13.7 Å². The molecule has 22 heavy (non-hydrogen) atoms. The van der Waals surface area contributed by atoms with Crippen molar-refractivity contribution in [2.45, 2.75) is 38.3 Å². The first kappa shape index (κ1) is 18.9. The summed E-state index contributed by atoms with van der Waals surface area (Å²) in [7, 11) is 1.54. The number of halogens is 2. The Kier molecular flexibility index (Phi) is 7.26. The highest BCUT2D eigenvalue weighted by Crippen LogP contribution is 2.35. The first-order chi connectivity index (χ1) is 10.1. The van der Waals surface area contributed by atoms with Crippen molar-refractivity contribution in [3.05, 3.63) is 35.1 Å². The standard InChI is InChI=1S/C16H23FN2O2.ClH/c1-10-6-7-12-13(4-3-5-14(12)17)16(10)19-15(20)8-11(9-18)21-2;/h3-5,10-11,16H,6-9,18H2,1-2H3,(H,19,20);1H. The molecule has 1 aromatic rings. The highest BCUT2D eigenvalue weighted by Gasteiger charge is 2.29. The lowest BCUT2D eigenvalue weighted by Gasteiger charge is -2.32. The number of ether oxygens (including phenoxy) is 1. The molecule has 3 atom stereocenters. The average Bonchev–Trinajstić information content (AvgIpc) is 2.48. The van der Waals surface area contributed by atoms with Crippen molar-refractivity contribution in [2.75, 3.05) is 13.7 Å². The molecule has 0 heterocycles. The van der Waals surface area contributed by atoms with Crippen LogP contribution in [0.1, 0.15) is 36.9 Å². The Morgan fingerprint density at radius 1 is 1.55 bits per heavy atom. The summed E-state index contributed by atoms with van der Waals surface area (Å²) in [4.78, 5) is 12.1. The van der Waals surface area contributed by atoms with Gasteiger partial charge in [0.15, 0.2) is 0 Å². The Hall–Kier alpha value is -1.17. The van der Waals surface area contributed by atoms with Crippen molar-refractivity contribution in [3.63, 3.8) is 0 Å². The maximum atomic E-state index is 13.9. The molecule has 3 N–H and O–H groups in total. The molecule has 0 saturated carbocycles. The summed E-state index contributed by atoms with van der Waals surface area (Å²) in [5.74, 6) is -0.0150. The average molecular weight is 331 g/mol. The minimum atomic E-state index is -0.282. The summed E-state index contributed by atoms with van der Waals surface area (Å²) < 4.78 is 19.0. The lowest BCUT2D eigenvalue weighted by molar-refractivity contribution is -0.124. The summed E-state index contributed by atoms with van der Waals surface area (Å²) in [5.41, 5.74) is 7.15. The van der Waals surface area contributed by atoms with E-state index in [1.807, 2.05) is 6.07 Å². The Bertz CT molecular complexity index is 509. The van der Waals surface area contributed by atoms with Gasteiger partial charge >= 0.3 is 0 Å². The van der Waals surface area contributed by atoms with Gasteiger partial charge in [0.2, 0.25) is 5.91 Å². The van der Waals surface area contributed by atoms with Crippen molar-refractivity contribution >= 4 is 18.3 Å². The van der Waals surface area contributed by atoms with Crippen LogP contribution in [0.5, 0.6) is 0 Å². The number of carbonyl (C=O) groups is 1. The number of rotatable bonds is 5. The van der Waals surface area contributed by atoms with Gasteiger partial charge in [0.25, 0.3) is 0 Å². The van der Waals surface area contributed by atoms with E-state index < -0.39 is 0 Å². The maximum Gasteiger partial charge on any atom is 0.223 e. The molecule has 0 aromatic heterocycles. The van der Waals surface area contributed by atoms with Gasteiger partial charge in [0.05, 0.1) is 18.6 Å². The molecule has 0 saturated heterocycles. The molecule has 3 unspecified atom stereocenters.